The second kappa shape index (κ2) is 8.57. The molecule has 0 aliphatic rings. The highest BCUT2D eigenvalue weighted by molar-refractivity contribution is 5.94. The summed E-state index contributed by atoms with van der Waals surface area (Å²) in [6.07, 6.45) is -4.48. The molecule has 2 rings (SSSR count). The van der Waals surface area contributed by atoms with Crippen molar-refractivity contribution in [2.24, 2.45) is 5.92 Å². The normalized spacial score (nSPS) is 11.2. The summed E-state index contributed by atoms with van der Waals surface area (Å²) >= 11 is 0. The minimum absolute atomic E-state index is 0.0493. The third kappa shape index (κ3) is 6.32. The molecule has 0 saturated carbocycles. The van der Waals surface area contributed by atoms with Crippen LogP contribution >= 0.6 is 0 Å². The molecule has 2 aromatic carbocycles. The fraction of sp³-hybridized carbons (Fsp3) is 0.263. The second-order valence-corrected chi connectivity index (χ2v) is 6.08. The molecule has 0 atom stereocenters. The van der Waals surface area contributed by atoms with E-state index < -0.39 is 24.3 Å². The first-order chi connectivity index (χ1) is 12.6. The van der Waals surface area contributed by atoms with Crippen molar-refractivity contribution < 1.29 is 27.5 Å². The highest BCUT2D eigenvalue weighted by Gasteiger charge is 2.30. The summed E-state index contributed by atoms with van der Waals surface area (Å²) < 4.78 is 43.1. The SMILES string of the molecule is CC(C)C(=O)Nc1ccc(NC(=O)COc2cccc(C(F)(F)F)c2)cc1. The number of rotatable bonds is 6. The fourth-order valence-corrected chi connectivity index (χ4v) is 2.03. The van der Waals surface area contributed by atoms with E-state index in [1.54, 1.807) is 38.1 Å². The molecule has 2 aromatic rings. The van der Waals surface area contributed by atoms with Gasteiger partial charge in [-0.25, -0.2) is 0 Å². The van der Waals surface area contributed by atoms with Gasteiger partial charge in [0.15, 0.2) is 6.61 Å². The number of hydrogen-bond donors (Lipinski definition) is 2. The lowest BCUT2D eigenvalue weighted by molar-refractivity contribution is -0.137. The number of anilines is 2. The molecule has 144 valence electrons. The minimum atomic E-state index is -4.48. The number of ether oxygens (including phenoxy) is 1. The number of carbonyl (C=O) groups excluding carboxylic acids is 2. The predicted octanol–water partition coefficient (Wildman–Crippen LogP) is 4.32. The number of alkyl halides is 3. The van der Waals surface area contributed by atoms with Gasteiger partial charge in [0.2, 0.25) is 5.91 Å². The van der Waals surface area contributed by atoms with Crippen LogP contribution in [0.4, 0.5) is 24.5 Å². The Kier molecular flexibility index (Phi) is 6.44. The largest absolute Gasteiger partial charge is 0.484 e. The van der Waals surface area contributed by atoms with Crippen molar-refractivity contribution in [2.45, 2.75) is 20.0 Å². The van der Waals surface area contributed by atoms with Crippen LogP contribution in [-0.4, -0.2) is 18.4 Å². The molecule has 8 heteroatoms. The average Bonchev–Trinajstić information content (AvgIpc) is 2.61. The second-order valence-electron chi connectivity index (χ2n) is 6.08. The molecular formula is C19H19F3N2O3. The summed E-state index contributed by atoms with van der Waals surface area (Å²) in [7, 11) is 0. The summed E-state index contributed by atoms with van der Waals surface area (Å²) in [5.41, 5.74) is 0.210. The first-order valence-electron chi connectivity index (χ1n) is 8.16. The molecule has 0 fully saturated rings. The maximum atomic E-state index is 12.6. The van der Waals surface area contributed by atoms with Crippen molar-refractivity contribution >= 4 is 23.2 Å². The molecule has 27 heavy (non-hydrogen) atoms. The Morgan fingerprint density at radius 2 is 1.59 bits per heavy atom. The van der Waals surface area contributed by atoms with Crippen LogP contribution in [0.15, 0.2) is 48.5 Å². The molecule has 0 aromatic heterocycles. The quantitative estimate of drug-likeness (QED) is 0.784. The van der Waals surface area contributed by atoms with E-state index in [-0.39, 0.29) is 17.6 Å². The zero-order chi connectivity index (χ0) is 20.0. The number of carbonyl (C=O) groups is 2. The molecule has 5 nitrogen and oxygen atoms in total. The molecule has 0 heterocycles. The van der Waals surface area contributed by atoms with E-state index in [0.29, 0.717) is 11.4 Å². The molecule has 2 N–H and O–H groups in total. The van der Waals surface area contributed by atoms with E-state index in [1.165, 1.54) is 12.1 Å². The summed E-state index contributed by atoms with van der Waals surface area (Å²) in [6.45, 7) is 3.11. The van der Waals surface area contributed by atoms with E-state index in [9.17, 15) is 22.8 Å². The van der Waals surface area contributed by atoms with E-state index >= 15 is 0 Å². The van der Waals surface area contributed by atoms with Crippen molar-refractivity contribution in [1.29, 1.82) is 0 Å². The maximum absolute atomic E-state index is 12.6. The third-order valence-electron chi connectivity index (χ3n) is 3.49. The zero-order valence-corrected chi connectivity index (χ0v) is 14.8. The summed E-state index contributed by atoms with van der Waals surface area (Å²) in [6, 6.07) is 10.8. The molecular weight excluding hydrogens is 361 g/mol. The Hall–Kier alpha value is -3.03. The highest BCUT2D eigenvalue weighted by atomic mass is 19.4. The van der Waals surface area contributed by atoms with Crippen LogP contribution in [0, 0.1) is 5.92 Å². The predicted molar refractivity (Wildman–Crippen MR) is 95.5 cm³/mol. The summed E-state index contributed by atoms with van der Waals surface area (Å²) in [4.78, 5) is 23.5. The summed E-state index contributed by atoms with van der Waals surface area (Å²) in [5.74, 6) is -0.850. The Morgan fingerprint density at radius 3 is 2.15 bits per heavy atom. The molecule has 0 spiro atoms. The Bertz CT molecular complexity index is 803. The molecule has 0 aliphatic heterocycles. The molecule has 0 radical (unpaired) electrons. The van der Waals surface area contributed by atoms with E-state index in [2.05, 4.69) is 10.6 Å². The van der Waals surface area contributed by atoms with Gasteiger partial charge >= 0.3 is 6.18 Å². The number of benzene rings is 2. The lowest BCUT2D eigenvalue weighted by Crippen LogP contribution is -2.20. The Labute approximate surface area is 154 Å². The van der Waals surface area contributed by atoms with Gasteiger partial charge in [-0.05, 0) is 42.5 Å². The number of nitrogens with one attached hydrogen (secondary N) is 2. The van der Waals surface area contributed by atoms with Gasteiger partial charge in [0.25, 0.3) is 5.91 Å². The van der Waals surface area contributed by atoms with E-state index in [4.69, 9.17) is 4.74 Å². The zero-order valence-electron chi connectivity index (χ0n) is 14.8. The van der Waals surface area contributed by atoms with Gasteiger partial charge < -0.3 is 15.4 Å². The first kappa shape index (κ1) is 20.3. The lowest BCUT2D eigenvalue weighted by atomic mass is 10.2. The van der Waals surface area contributed by atoms with Gasteiger partial charge in [0.05, 0.1) is 5.56 Å². The molecule has 0 saturated heterocycles. The molecule has 0 aliphatic carbocycles. The van der Waals surface area contributed by atoms with Crippen LogP contribution in [-0.2, 0) is 15.8 Å². The van der Waals surface area contributed by atoms with Gasteiger partial charge in [-0.15, -0.1) is 0 Å². The van der Waals surface area contributed by atoms with Gasteiger partial charge in [0, 0.05) is 17.3 Å². The smallest absolute Gasteiger partial charge is 0.416 e. The molecule has 2 amide bonds. The minimum Gasteiger partial charge on any atom is -0.484 e. The number of halogens is 3. The van der Waals surface area contributed by atoms with Gasteiger partial charge in [-0.2, -0.15) is 13.2 Å². The van der Waals surface area contributed by atoms with Gasteiger partial charge in [0.1, 0.15) is 5.75 Å². The van der Waals surface area contributed by atoms with Crippen LogP contribution in [0.2, 0.25) is 0 Å². The molecule has 0 unspecified atom stereocenters. The first-order valence-corrected chi connectivity index (χ1v) is 8.16. The molecule has 0 bridgehead atoms. The topological polar surface area (TPSA) is 67.4 Å². The lowest BCUT2D eigenvalue weighted by Gasteiger charge is -2.11. The van der Waals surface area contributed by atoms with Crippen LogP contribution in [0.1, 0.15) is 19.4 Å². The average molecular weight is 380 g/mol. The van der Waals surface area contributed by atoms with Crippen LogP contribution in [0.25, 0.3) is 0 Å². The number of hydrogen-bond acceptors (Lipinski definition) is 3. The monoisotopic (exact) mass is 380 g/mol. The Balaban J connectivity index is 1.88. The fourth-order valence-electron chi connectivity index (χ4n) is 2.03. The van der Waals surface area contributed by atoms with Gasteiger partial charge in [-0.1, -0.05) is 19.9 Å². The van der Waals surface area contributed by atoms with Gasteiger partial charge in [-0.3, -0.25) is 9.59 Å². The van der Waals surface area contributed by atoms with Crippen LogP contribution in [0.5, 0.6) is 5.75 Å². The van der Waals surface area contributed by atoms with Crippen molar-refractivity contribution in [1.82, 2.24) is 0 Å². The van der Waals surface area contributed by atoms with Crippen LogP contribution < -0.4 is 15.4 Å². The number of amides is 2. The van der Waals surface area contributed by atoms with Crippen molar-refractivity contribution in [3.05, 3.63) is 54.1 Å². The van der Waals surface area contributed by atoms with Crippen molar-refractivity contribution in [3.63, 3.8) is 0 Å². The highest BCUT2D eigenvalue weighted by Crippen LogP contribution is 2.31. The Morgan fingerprint density at radius 1 is 1.00 bits per heavy atom. The maximum Gasteiger partial charge on any atom is 0.416 e. The third-order valence-corrected chi connectivity index (χ3v) is 3.49. The van der Waals surface area contributed by atoms with E-state index in [0.717, 1.165) is 12.1 Å². The summed E-state index contributed by atoms with van der Waals surface area (Å²) in [5, 5.41) is 5.28. The standard InChI is InChI=1S/C19H19F3N2O3/c1-12(2)18(26)24-15-8-6-14(7-9-15)23-17(25)11-27-16-5-3-4-13(10-16)19(20,21)22/h3-10,12H,11H2,1-2H3,(H,23,25)(H,24,26). The van der Waals surface area contributed by atoms with E-state index in [1.807, 2.05) is 0 Å². The van der Waals surface area contributed by atoms with Crippen LogP contribution in [0.3, 0.4) is 0 Å². The van der Waals surface area contributed by atoms with Crippen molar-refractivity contribution in [3.8, 4) is 5.75 Å². The van der Waals surface area contributed by atoms with Crippen molar-refractivity contribution in [2.75, 3.05) is 17.2 Å².